The minimum absolute atomic E-state index is 0. The van der Waals surface area contributed by atoms with Crippen molar-refractivity contribution < 1.29 is 145 Å². The van der Waals surface area contributed by atoms with Gasteiger partial charge < -0.3 is 16.6 Å². The van der Waals surface area contributed by atoms with Crippen molar-refractivity contribution in [1.82, 2.24) is 29.5 Å². The SMILES string of the molecule is ClCc1ccn(-c2ccc(Cl)cc2)n1.FC(F)(F)c1cc(=S)cc[nH]1.FC(F)(F)c1cc(SCc2ccn(-c3ccc(Cl)cc3)n2)ccn1.O=CO[O-].[H-].[K+].[K+]. The largest absolute Gasteiger partial charge is 1.00 e. The van der Waals surface area contributed by atoms with E-state index in [0.717, 1.165) is 46.1 Å². The Morgan fingerprint density at radius 2 is 1.33 bits per heavy atom. The molecule has 0 spiro atoms. The Kier molecular flexibility index (Phi) is 24.6. The first-order chi connectivity index (χ1) is 25.1. The summed E-state index contributed by atoms with van der Waals surface area (Å²) in [6.45, 7) is -0.181. The summed E-state index contributed by atoms with van der Waals surface area (Å²) in [5.41, 5.74) is 1.76. The molecule has 22 heteroatoms. The van der Waals surface area contributed by atoms with Gasteiger partial charge in [-0.15, -0.1) is 23.4 Å². The predicted molar refractivity (Wildman–Crippen MR) is 190 cm³/mol. The van der Waals surface area contributed by atoms with Gasteiger partial charge in [-0.2, -0.15) is 36.5 Å². The fraction of sp³-hybridized carbons (Fsp3) is 0.121. The van der Waals surface area contributed by atoms with Gasteiger partial charge in [0.25, 0.3) is 6.47 Å². The van der Waals surface area contributed by atoms with Crippen LogP contribution in [-0.4, -0.2) is 36.0 Å². The number of nitrogens with one attached hydrogen (secondary N) is 1. The molecule has 0 aliphatic heterocycles. The molecule has 0 unspecified atom stereocenters. The number of hydrogen-bond acceptors (Lipinski definition) is 8. The van der Waals surface area contributed by atoms with Gasteiger partial charge in [0.2, 0.25) is 0 Å². The normalized spacial score (nSPS) is 10.4. The van der Waals surface area contributed by atoms with Crippen LogP contribution in [0.5, 0.6) is 0 Å². The van der Waals surface area contributed by atoms with Crippen molar-refractivity contribution in [2.45, 2.75) is 28.9 Å². The summed E-state index contributed by atoms with van der Waals surface area (Å²) in [6.07, 6.45) is -2.77. The fourth-order valence-corrected chi connectivity index (χ4v) is 5.17. The maximum absolute atomic E-state index is 12.7. The molecule has 4 heterocycles. The standard InChI is InChI=1S/C16H11ClF3N3S.C10H8Cl2N2.C6H4F3NS.CH2O3.2K.H/c17-11-1-3-13(4-2-11)23-8-6-12(22-23)10-24-14-5-7-21-15(9-14)16(18,19)20;11-7-9-5-6-14(13-9)10-3-1-8(12)2-4-10;7-6(8,9)5-3-4(11)1-2-10-5;2-1-4-3;;;/h1-9H,10H2;1-6H,7H2;1-3H,(H,10,11);1,3H;;;/q;;;;2*+1;-1/p-1. The smallest absolute Gasteiger partial charge is 1.00 e. The second kappa shape index (κ2) is 26.1. The van der Waals surface area contributed by atoms with Gasteiger partial charge in [-0.3, -0.25) is 9.78 Å². The van der Waals surface area contributed by atoms with Crippen LogP contribution in [0.2, 0.25) is 10.0 Å². The zero-order chi connectivity index (χ0) is 39.0. The van der Waals surface area contributed by atoms with Gasteiger partial charge in [0.05, 0.1) is 28.6 Å². The van der Waals surface area contributed by atoms with Crippen LogP contribution in [0.3, 0.4) is 0 Å². The number of H-pyrrole nitrogens is 1. The number of benzene rings is 2. The van der Waals surface area contributed by atoms with Crippen molar-refractivity contribution in [3.8, 4) is 11.4 Å². The zero-order valence-electron chi connectivity index (χ0n) is 29.6. The zero-order valence-corrected chi connectivity index (χ0v) is 38.7. The third kappa shape index (κ3) is 19.0. The van der Waals surface area contributed by atoms with Crippen LogP contribution in [-0.2, 0) is 33.7 Å². The van der Waals surface area contributed by atoms with Crippen molar-refractivity contribution in [2.75, 3.05) is 0 Å². The van der Waals surface area contributed by atoms with E-state index >= 15 is 0 Å². The van der Waals surface area contributed by atoms with E-state index in [1.165, 1.54) is 24.0 Å². The van der Waals surface area contributed by atoms with E-state index in [0.29, 0.717) is 21.6 Å². The predicted octanol–water partition coefficient (Wildman–Crippen LogP) is 3.81. The van der Waals surface area contributed by atoms with Gasteiger partial charge in [-0.25, -0.2) is 9.36 Å². The van der Waals surface area contributed by atoms with Crippen LogP contribution in [0.15, 0.2) is 115 Å². The molecule has 0 saturated heterocycles. The molecule has 2 aromatic carbocycles. The summed E-state index contributed by atoms with van der Waals surface area (Å²) in [4.78, 5) is 17.2. The topological polar surface area (TPSA) is 114 Å². The van der Waals surface area contributed by atoms with Gasteiger partial charge in [0.15, 0.2) is 0 Å². The summed E-state index contributed by atoms with van der Waals surface area (Å²) in [5, 5.41) is 18.5. The van der Waals surface area contributed by atoms with E-state index in [2.05, 4.69) is 37.3 Å². The molecule has 4 aromatic heterocycles. The summed E-state index contributed by atoms with van der Waals surface area (Å²) >= 11 is 23.1. The second-order valence-electron chi connectivity index (χ2n) is 9.88. The number of nitrogens with zero attached hydrogens (tertiary/aromatic N) is 5. The summed E-state index contributed by atoms with van der Waals surface area (Å²) < 4.78 is 77.3. The van der Waals surface area contributed by atoms with Crippen molar-refractivity contribution in [3.63, 3.8) is 0 Å². The van der Waals surface area contributed by atoms with Gasteiger partial charge in [0.1, 0.15) is 11.4 Å². The average Bonchev–Trinajstić information content (AvgIpc) is 3.82. The number of carbonyl (C=O) groups excluding carboxylic acids is 1. The van der Waals surface area contributed by atoms with Gasteiger partial charge in [0, 0.05) is 50.0 Å². The van der Waals surface area contributed by atoms with Crippen molar-refractivity contribution >= 4 is 65.3 Å². The maximum atomic E-state index is 12.7. The van der Waals surface area contributed by atoms with Gasteiger partial charge in [-0.1, -0.05) is 35.4 Å². The van der Waals surface area contributed by atoms with Crippen molar-refractivity contribution in [3.05, 3.63) is 147 Å². The van der Waals surface area contributed by atoms with E-state index < -0.39 is 23.7 Å². The van der Waals surface area contributed by atoms with Crippen molar-refractivity contribution in [2.24, 2.45) is 0 Å². The summed E-state index contributed by atoms with van der Waals surface area (Å²) in [6, 6.07) is 23.3. The molecule has 55 heavy (non-hydrogen) atoms. The number of alkyl halides is 7. The molecule has 0 bridgehead atoms. The Hall–Kier alpha value is -1.12. The quantitative estimate of drug-likeness (QED) is 0.0377. The molecular weight excluding hydrogens is 891 g/mol. The third-order valence-electron chi connectivity index (χ3n) is 6.13. The van der Waals surface area contributed by atoms with Gasteiger partial charge >= 0.3 is 115 Å². The van der Waals surface area contributed by atoms with Crippen LogP contribution in [0.25, 0.3) is 11.4 Å². The molecule has 0 radical (unpaired) electrons. The Labute approximate surface area is 421 Å². The molecule has 6 rings (SSSR count). The van der Waals surface area contributed by atoms with Crippen LogP contribution in [0, 0.1) is 4.51 Å². The fourth-order valence-electron chi connectivity index (χ4n) is 3.77. The maximum Gasteiger partial charge on any atom is 1.00 e. The Morgan fingerprint density at radius 1 is 0.818 bits per heavy atom. The monoisotopic (exact) mass is 914 g/mol. The average molecular weight is 916 g/mol. The molecule has 9 nitrogen and oxygen atoms in total. The molecule has 6 aromatic rings. The third-order valence-corrected chi connectivity index (χ3v) is 8.19. The first-order valence-electron chi connectivity index (χ1n) is 14.4. The van der Waals surface area contributed by atoms with E-state index in [1.807, 2.05) is 54.7 Å². The Bertz CT molecular complexity index is 2100. The van der Waals surface area contributed by atoms with E-state index in [1.54, 1.807) is 33.8 Å². The molecular formula is C33H25Cl3F6K2N6O3S2. The molecule has 1 N–H and O–H groups in total. The molecule has 0 saturated carbocycles. The minimum Gasteiger partial charge on any atom is -1.00 e. The van der Waals surface area contributed by atoms with Crippen LogP contribution < -0.4 is 108 Å². The second-order valence-corrected chi connectivity index (χ2v) is 12.5. The first-order valence-corrected chi connectivity index (χ1v) is 17.1. The Balaban J connectivity index is 0.000000809. The number of hydrogen-bond donors (Lipinski definition) is 1. The number of carbonyl (C=O) groups is 1. The van der Waals surface area contributed by atoms with E-state index in [9.17, 15) is 26.3 Å². The molecule has 0 amide bonds. The number of aromatic amines is 1. The van der Waals surface area contributed by atoms with Crippen LogP contribution >= 0.6 is 58.8 Å². The first kappa shape index (κ1) is 51.9. The molecule has 282 valence electrons. The van der Waals surface area contributed by atoms with Crippen LogP contribution in [0.1, 0.15) is 24.2 Å². The number of halogens is 9. The summed E-state index contributed by atoms with van der Waals surface area (Å²) in [5.74, 6) is 0.891. The molecule has 0 atom stereocenters. The molecule has 0 fully saturated rings. The summed E-state index contributed by atoms with van der Waals surface area (Å²) in [7, 11) is 0. The minimum atomic E-state index is -4.44. The number of rotatable bonds is 7. The Morgan fingerprint density at radius 3 is 1.75 bits per heavy atom. The number of aromatic nitrogens is 6. The number of pyridine rings is 2. The van der Waals surface area contributed by atoms with E-state index in [-0.39, 0.29) is 115 Å². The molecule has 0 aliphatic rings. The molecule has 0 aliphatic carbocycles. The van der Waals surface area contributed by atoms with Crippen LogP contribution in [0.4, 0.5) is 26.3 Å². The van der Waals surface area contributed by atoms with E-state index in [4.69, 9.17) is 44.9 Å². The van der Waals surface area contributed by atoms with Crippen molar-refractivity contribution in [1.29, 1.82) is 0 Å². The number of thioether (sulfide) groups is 1. The van der Waals surface area contributed by atoms with Gasteiger partial charge in [-0.05, 0) is 84.9 Å².